The molecule has 4 nitrogen and oxygen atoms in total. The number of morpholine rings is 1. The van der Waals surface area contributed by atoms with Gasteiger partial charge in [-0.25, -0.2) is 4.98 Å². The molecule has 110 valence electrons. The first-order chi connectivity index (χ1) is 9.67. The number of pyridine rings is 1. The number of hydrogen-bond acceptors (Lipinski definition) is 4. The second kappa shape index (κ2) is 5.70. The average molecular weight is 275 g/mol. The Morgan fingerprint density at radius 3 is 2.65 bits per heavy atom. The summed E-state index contributed by atoms with van der Waals surface area (Å²) in [6, 6.07) is 2.29. The summed E-state index contributed by atoms with van der Waals surface area (Å²) in [6.07, 6.45) is 5.32. The predicted molar refractivity (Wildman–Crippen MR) is 81.0 cm³/mol. The average Bonchev–Trinajstić information content (AvgIpc) is 2.44. The lowest BCUT2D eigenvalue weighted by molar-refractivity contribution is -0.00551. The summed E-state index contributed by atoms with van der Waals surface area (Å²) < 4.78 is 5.82. The largest absolute Gasteiger partial charge is 0.372 e. The Hall–Kier alpha value is -1.13. The molecule has 0 radical (unpaired) electrons. The molecule has 2 atom stereocenters. The zero-order chi connectivity index (χ0) is 14.1. The maximum absolute atomic E-state index is 5.96. The van der Waals surface area contributed by atoms with Gasteiger partial charge in [0.05, 0.1) is 12.2 Å². The van der Waals surface area contributed by atoms with Crippen LogP contribution in [0.1, 0.15) is 43.5 Å². The van der Waals surface area contributed by atoms with Crippen molar-refractivity contribution in [3.8, 4) is 0 Å². The van der Waals surface area contributed by atoms with Crippen LogP contribution in [0, 0.1) is 0 Å². The van der Waals surface area contributed by atoms with Gasteiger partial charge < -0.3 is 15.4 Å². The van der Waals surface area contributed by atoms with Gasteiger partial charge in [0.15, 0.2) is 0 Å². The monoisotopic (exact) mass is 275 g/mol. The minimum atomic E-state index is 0.252. The first-order valence-electron chi connectivity index (χ1n) is 7.79. The summed E-state index contributed by atoms with van der Waals surface area (Å²) in [4.78, 5) is 7.32. The Balaban J connectivity index is 1.95. The molecule has 0 bridgehead atoms. The zero-order valence-electron chi connectivity index (χ0n) is 12.6. The molecule has 1 saturated heterocycles. The summed E-state index contributed by atoms with van der Waals surface area (Å²) in [5.74, 6) is 1.09. The van der Waals surface area contributed by atoms with Crippen molar-refractivity contribution < 1.29 is 4.74 Å². The number of nitrogens with two attached hydrogens (primary N) is 1. The van der Waals surface area contributed by atoms with Crippen LogP contribution in [0.3, 0.4) is 0 Å². The number of aromatic nitrogens is 1. The van der Waals surface area contributed by atoms with Crippen LogP contribution in [0.5, 0.6) is 0 Å². The van der Waals surface area contributed by atoms with Crippen LogP contribution in [-0.4, -0.2) is 30.3 Å². The first kappa shape index (κ1) is 13.8. The van der Waals surface area contributed by atoms with Crippen molar-refractivity contribution >= 4 is 5.82 Å². The van der Waals surface area contributed by atoms with E-state index in [2.05, 4.69) is 24.8 Å². The predicted octanol–water partition coefficient (Wildman–Crippen LogP) is 2.03. The third-order valence-electron chi connectivity index (χ3n) is 4.30. The Bertz CT molecular complexity index is 479. The van der Waals surface area contributed by atoms with Crippen LogP contribution in [0.2, 0.25) is 0 Å². The van der Waals surface area contributed by atoms with Crippen molar-refractivity contribution in [2.24, 2.45) is 5.73 Å². The van der Waals surface area contributed by atoms with E-state index in [0.29, 0.717) is 6.54 Å². The summed E-state index contributed by atoms with van der Waals surface area (Å²) in [7, 11) is 0. The molecule has 1 aromatic rings. The molecule has 0 spiro atoms. The molecular formula is C16H25N3O. The number of fused-ring (bicyclic) bond motifs is 1. The lowest BCUT2D eigenvalue weighted by Crippen LogP contribution is -2.46. The number of aryl methyl sites for hydroxylation is 2. The fourth-order valence-electron chi connectivity index (χ4n) is 3.45. The summed E-state index contributed by atoms with van der Waals surface area (Å²) >= 11 is 0. The van der Waals surface area contributed by atoms with Crippen LogP contribution in [0.4, 0.5) is 5.82 Å². The highest BCUT2D eigenvalue weighted by Gasteiger charge is 2.26. The second-order valence-corrected chi connectivity index (χ2v) is 6.15. The molecule has 0 aromatic carbocycles. The molecule has 3 rings (SSSR count). The molecule has 1 aliphatic heterocycles. The highest BCUT2D eigenvalue weighted by atomic mass is 16.5. The normalized spacial score (nSPS) is 26.4. The van der Waals surface area contributed by atoms with Crippen LogP contribution >= 0.6 is 0 Å². The van der Waals surface area contributed by atoms with Gasteiger partial charge in [0.25, 0.3) is 0 Å². The molecule has 2 N–H and O–H groups in total. The minimum absolute atomic E-state index is 0.252. The molecule has 2 heterocycles. The third kappa shape index (κ3) is 2.67. The maximum Gasteiger partial charge on any atom is 0.133 e. The molecule has 4 heteroatoms. The molecule has 0 saturated carbocycles. The van der Waals surface area contributed by atoms with Crippen molar-refractivity contribution in [3.05, 3.63) is 22.9 Å². The van der Waals surface area contributed by atoms with E-state index in [0.717, 1.165) is 31.7 Å². The van der Waals surface area contributed by atoms with Gasteiger partial charge >= 0.3 is 0 Å². The lowest BCUT2D eigenvalue weighted by atomic mass is 9.94. The third-order valence-corrected chi connectivity index (χ3v) is 4.30. The van der Waals surface area contributed by atoms with Gasteiger partial charge in [-0.15, -0.1) is 0 Å². The fraction of sp³-hybridized carbons (Fsp3) is 0.688. The van der Waals surface area contributed by atoms with E-state index in [1.165, 1.54) is 29.7 Å². The topological polar surface area (TPSA) is 51.4 Å². The highest BCUT2D eigenvalue weighted by molar-refractivity contribution is 5.51. The van der Waals surface area contributed by atoms with Crippen LogP contribution < -0.4 is 10.6 Å². The SMILES string of the molecule is C[C@@H]1CN(c2nc3c(cc2CN)CCCC3)C[C@H](C)O1. The number of hydrogen-bond donors (Lipinski definition) is 1. The molecule has 1 aliphatic carbocycles. The van der Waals surface area contributed by atoms with E-state index in [4.69, 9.17) is 15.5 Å². The second-order valence-electron chi connectivity index (χ2n) is 6.15. The lowest BCUT2D eigenvalue weighted by Gasteiger charge is -2.37. The Labute approximate surface area is 121 Å². The van der Waals surface area contributed by atoms with Crippen molar-refractivity contribution in [1.82, 2.24) is 4.98 Å². The molecular weight excluding hydrogens is 250 g/mol. The Morgan fingerprint density at radius 1 is 1.25 bits per heavy atom. The summed E-state index contributed by atoms with van der Waals surface area (Å²) in [6.45, 7) is 6.63. The van der Waals surface area contributed by atoms with E-state index in [1.807, 2.05) is 0 Å². The van der Waals surface area contributed by atoms with Crippen molar-refractivity contribution in [1.29, 1.82) is 0 Å². The summed E-state index contributed by atoms with van der Waals surface area (Å²) in [5.41, 5.74) is 9.85. The number of ether oxygens (including phenoxy) is 1. The Morgan fingerprint density at radius 2 is 1.95 bits per heavy atom. The van der Waals surface area contributed by atoms with Gasteiger partial charge in [0, 0.05) is 30.9 Å². The number of nitrogens with zero attached hydrogens (tertiary/aromatic N) is 2. The van der Waals surface area contributed by atoms with Gasteiger partial charge in [-0.2, -0.15) is 0 Å². The van der Waals surface area contributed by atoms with Crippen LogP contribution in [0.15, 0.2) is 6.07 Å². The van der Waals surface area contributed by atoms with E-state index in [9.17, 15) is 0 Å². The van der Waals surface area contributed by atoms with Gasteiger partial charge in [-0.05, 0) is 51.2 Å². The van der Waals surface area contributed by atoms with Gasteiger partial charge in [-0.3, -0.25) is 0 Å². The van der Waals surface area contributed by atoms with Crippen LogP contribution in [-0.2, 0) is 24.1 Å². The minimum Gasteiger partial charge on any atom is -0.372 e. The fourth-order valence-corrected chi connectivity index (χ4v) is 3.45. The van der Waals surface area contributed by atoms with E-state index >= 15 is 0 Å². The highest BCUT2D eigenvalue weighted by Crippen LogP contribution is 2.28. The van der Waals surface area contributed by atoms with E-state index in [-0.39, 0.29) is 12.2 Å². The van der Waals surface area contributed by atoms with E-state index < -0.39 is 0 Å². The maximum atomic E-state index is 5.96. The zero-order valence-corrected chi connectivity index (χ0v) is 12.6. The van der Waals surface area contributed by atoms with Crippen LogP contribution in [0.25, 0.3) is 0 Å². The molecule has 2 aliphatic rings. The van der Waals surface area contributed by atoms with E-state index in [1.54, 1.807) is 0 Å². The first-order valence-corrected chi connectivity index (χ1v) is 7.79. The van der Waals surface area contributed by atoms with Crippen molar-refractivity contribution in [2.45, 2.75) is 58.3 Å². The number of rotatable bonds is 2. The molecule has 1 fully saturated rings. The number of anilines is 1. The smallest absolute Gasteiger partial charge is 0.133 e. The Kier molecular flexibility index (Phi) is 3.94. The van der Waals surface area contributed by atoms with Gasteiger partial charge in [0.1, 0.15) is 5.82 Å². The molecule has 0 amide bonds. The van der Waals surface area contributed by atoms with Crippen molar-refractivity contribution in [2.75, 3.05) is 18.0 Å². The molecule has 20 heavy (non-hydrogen) atoms. The van der Waals surface area contributed by atoms with Gasteiger partial charge in [-0.1, -0.05) is 0 Å². The van der Waals surface area contributed by atoms with Gasteiger partial charge in [0.2, 0.25) is 0 Å². The summed E-state index contributed by atoms with van der Waals surface area (Å²) in [5, 5.41) is 0. The standard InChI is InChI=1S/C16H25N3O/c1-11-9-19(10-12(2)20-11)16-14(8-17)7-13-5-3-4-6-15(13)18-16/h7,11-12H,3-6,8-10,17H2,1-2H3/t11-,12+. The quantitative estimate of drug-likeness (QED) is 0.897. The molecule has 0 unspecified atom stereocenters. The van der Waals surface area contributed by atoms with Crippen molar-refractivity contribution in [3.63, 3.8) is 0 Å². The molecule has 1 aromatic heterocycles.